The lowest BCUT2D eigenvalue weighted by Crippen LogP contribution is -2.61. The van der Waals surface area contributed by atoms with Gasteiger partial charge >= 0.3 is 29.8 Å². The van der Waals surface area contributed by atoms with Crippen LogP contribution in [0.3, 0.4) is 0 Å². The Morgan fingerprint density at radius 3 is 1.41 bits per heavy atom. The third-order valence-corrected chi connectivity index (χ3v) is 14.6. The van der Waals surface area contributed by atoms with Crippen molar-refractivity contribution in [3.8, 4) is 0 Å². The van der Waals surface area contributed by atoms with Gasteiger partial charge in [-0.1, -0.05) is 50.6 Å². The number of carboxylic acids is 5. The summed E-state index contributed by atoms with van der Waals surface area (Å²) in [6.45, 7) is 3.40. The topological polar surface area (TPSA) is 620 Å². The second-order valence-electron chi connectivity index (χ2n) is 21.9. The van der Waals surface area contributed by atoms with Gasteiger partial charge in [0, 0.05) is 38.9 Å². The van der Waals surface area contributed by atoms with Crippen LogP contribution in [0.15, 0.2) is 40.3 Å². The molecule has 0 saturated carbocycles. The molecule has 9 amide bonds. The Labute approximate surface area is 529 Å². The van der Waals surface area contributed by atoms with E-state index in [0.717, 1.165) is 0 Å². The number of unbranched alkanes of at least 4 members (excludes halogenated alkanes) is 1. The van der Waals surface area contributed by atoms with E-state index >= 15 is 0 Å². The molecule has 1 aromatic carbocycles. The second-order valence-corrected chi connectivity index (χ2v) is 21.9. The van der Waals surface area contributed by atoms with Crippen LogP contribution in [0.4, 0.5) is 0 Å². The number of hydrogen-bond acceptors (Lipinski definition) is 18. The zero-order valence-corrected chi connectivity index (χ0v) is 51.3. The molecule has 0 radical (unpaired) electrons. The summed E-state index contributed by atoms with van der Waals surface area (Å²) < 4.78 is 0. The third-order valence-electron chi connectivity index (χ3n) is 14.6. The van der Waals surface area contributed by atoms with E-state index in [-0.39, 0.29) is 95.9 Å². The van der Waals surface area contributed by atoms with E-state index in [1.807, 2.05) is 0 Å². The number of hydrogen-bond donors (Lipinski definition) is 19. The Hall–Kier alpha value is -9.74. The molecular weight excluding hydrogens is 1210 g/mol. The summed E-state index contributed by atoms with van der Waals surface area (Å²) in [4.78, 5) is 195. The van der Waals surface area contributed by atoms with Gasteiger partial charge in [-0.2, -0.15) is 0 Å². The minimum Gasteiger partial charge on any atom is -0.481 e. The van der Waals surface area contributed by atoms with Crippen LogP contribution in [-0.4, -0.2) is 212 Å². The van der Waals surface area contributed by atoms with Crippen LogP contribution < -0.4 is 76.9 Å². The number of amides is 9. The highest BCUT2D eigenvalue weighted by Crippen LogP contribution is 2.23. The Kier molecular flexibility index (Phi) is 34.8. The van der Waals surface area contributed by atoms with E-state index in [2.05, 4.69) is 52.5 Å². The van der Waals surface area contributed by atoms with Crippen molar-refractivity contribution in [1.29, 1.82) is 0 Å². The zero-order chi connectivity index (χ0) is 69.2. The van der Waals surface area contributed by atoms with Crippen molar-refractivity contribution in [3.63, 3.8) is 0 Å². The number of guanidine groups is 2. The van der Waals surface area contributed by atoms with E-state index in [4.69, 9.17) is 34.4 Å². The second kappa shape index (κ2) is 40.8. The Balaban J connectivity index is 2.58. The highest BCUT2D eigenvalue weighted by Gasteiger charge is 2.42. The van der Waals surface area contributed by atoms with Gasteiger partial charge in [0.15, 0.2) is 11.9 Å². The summed E-state index contributed by atoms with van der Waals surface area (Å²) in [7, 11) is 0. The first-order chi connectivity index (χ1) is 43.4. The van der Waals surface area contributed by atoms with Gasteiger partial charge in [0.05, 0.1) is 18.9 Å². The van der Waals surface area contributed by atoms with Crippen LogP contribution >= 0.6 is 0 Å². The molecule has 1 aliphatic heterocycles. The Bertz CT molecular complexity index is 2780. The zero-order valence-electron chi connectivity index (χ0n) is 51.3. The maximum absolute atomic E-state index is 14.6. The highest BCUT2D eigenvalue weighted by atomic mass is 16.4. The first kappa shape index (κ1) is 78.4. The Morgan fingerprint density at radius 2 is 0.967 bits per heavy atom. The predicted octanol–water partition coefficient (Wildman–Crippen LogP) is -5.53. The fourth-order valence-electron chi connectivity index (χ4n) is 9.42. The average Bonchev–Trinajstić information content (AvgIpc) is 1.58. The third kappa shape index (κ3) is 29.3. The first-order valence-electron chi connectivity index (χ1n) is 29.8. The molecule has 0 aliphatic carbocycles. The molecule has 1 aromatic rings. The number of rotatable bonds is 44. The summed E-state index contributed by atoms with van der Waals surface area (Å²) in [5.41, 5.74) is 33.6. The molecule has 0 bridgehead atoms. The number of benzene rings is 1. The van der Waals surface area contributed by atoms with Crippen LogP contribution in [0.2, 0.25) is 0 Å². The van der Waals surface area contributed by atoms with Gasteiger partial charge in [-0.05, 0) is 88.7 Å². The van der Waals surface area contributed by atoms with Gasteiger partial charge in [-0.15, -0.1) is 0 Å². The summed E-state index contributed by atoms with van der Waals surface area (Å²) in [5, 5.41) is 67.3. The molecule has 36 nitrogen and oxygen atoms in total. The number of aliphatic carboxylic acids is 5. The number of aliphatic imine (C=N–C) groups is 2. The smallest absolute Gasteiger partial charge is 0.326 e. The fraction of sp³-hybridized carbons (Fsp3) is 0.607. The number of likely N-dealkylation sites (tertiary alicyclic amines) is 1. The lowest BCUT2D eigenvalue weighted by Gasteiger charge is -2.32. The van der Waals surface area contributed by atoms with Gasteiger partial charge in [0.1, 0.15) is 54.4 Å². The van der Waals surface area contributed by atoms with Crippen molar-refractivity contribution in [3.05, 3.63) is 35.9 Å². The molecule has 1 heterocycles. The van der Waals surface area contributed by atoms with E-state index in [1.54, 1.807) is 44.2 Å². The lowest BCUT2D eigenvalue weighted by atomic mass is 9.96. The number of carbonyl (C=O) groups excluding carboxylic acids is 9. The standard InChI is InChI=1S/C56H89N17O19/c1-3-29(2)44(72-45(82)31(58)27-42(78)79)53(90)73-25-11-17-39(73)52(89)71-37(26-30-12-5-4-6-13-30)50(87)66-33(15-9-23-63-55(59)60)46(83)67-35(19-21-41(76)77)49(86)68-34(18-20-40(74)75)48(85)65-32(14-7-8-22-57)47(84)70-38(28-43(80)81)51(88)69-36(54(91)92)16-10-24-64-56(61)62/h4-6,12-13,29,31-39,44H,3,7-11,14-28,57-58H2,1-2H3,(H,65,85)(H,66,87)(H,67,83)(H,68,86)(H,69,88)(H,70,84)(H,71,89)(H,72,82)(H,74,75)(H,76,77)(H,78,79)(H,80,81)(H,91,92)(H4,59,60,63)(H4,61,62,64)/t29-,31-,32-,33-,34-,35-,36-,37-,38-,39-,44-/m0/s1. The molecule has 512 valence electrons. The van der Waals surface area contributed by atoms with Gasteiger partial charge < -0.3 is 107 Å². The molecule has 0 aromatic heterocycles. The molecular formula is C56H89N17O19. The number of carboxylic acid groups (broad SMARTS) is 5. The van der Waals surface area contributed by atoms with Crippen molar-refractivity contribution < 1.29 is 92.7 Å². The quantitative estimate of drug-likeness (QED) is 0.0165. The summed E-state index contributed by atoms with van der Waals surface area (Å²) >= 11 is 0. The summed E-state index contributed by atoms with van der Waals surface area (Å²) in [6.07, 6.45) is -4.64. The van der Waals surface area contributed by atoms with Gasteiger partial charge in [-0.3, -0.25) is 72.3 Å². The normalized spacial score (nSPS) is 15.8. The van der Waals surface area contributed by atoms with Crippen molar-refractivity contribution in [2.75, 3.05) is 26.2 Å². The summed E-state index contributed by atoms with van der Waals surface area (Å²) in [5.74, 6) is -18.0. The minimum absolute atomic E-state index is 0.0314. The Morgan fingerprint density at radius 1 is 0.533 bits per heavy atom. The molecule has 36 heteroatoms. The number of nitrogens with one attached hydrogen (secondary N) is 8. The largest absolute Gasteiger partial charge is 0.481 e. The number of carbonyl (C=O) groups is 14. The maximum atomic E-state index is 14.6. The molecule has 11 atom stereocenters. The van der Waals surface area contributed by atoms with E-state index in [1.165, 1.54) is 4.90 Å². The van der Waals surface area contributed by atoms with Crippen LogP contribution in [0.5, 0.6) is 0 Å². The molecule has 1 fully saturated rings. The van der Waals surface area contributed by atoms with Crippen LogP contribution in [0.1, 0.15) is 122 Å². The van der Waals surface area contributed by atoms with E-state index in [0.29, 0.717) is 18.4 Å². The highest BCUT2D eigenvalue weighted by molar-refractivity contribution is 5.99. The first-order valence-corrected chi connectivity index (χ1v) is 29.8. The maximum Gasteiger partial charge on any atom is 0.326 e. The van der Waals surface area contributed by atoms with Gasteiger partial charge in [0.2, 0.25) is 53.2 Å². The van der Waals surface area contributed by atoms with Gasteiger partial charge in [0.25, 0.3) is 0 Å². The lowest BCUT2D eigenvalue weighted by molar-refractivity contribution is -0.144. The minimum atomic E-state index is -1.94. The van der Waals surface area contributed by atoms with Crippen LogP contribution in [0, 0.1) is 5.92 Å². The average molecular weight is 1300 g/mol. The summed E-state index contributed by atoms with van der Waals surface area (Å²) in [6, 6.07) is -7.79. The van der Waals surface area contributed by atoms with Crippen molar-refractivity contribution in [1.82, 2.24) is 47.4 Å². The molecule has 0 unspecified atom stereocenters. The number of nitrogens with two attached hydrogens (primary N) is 6. The van der Waals surface area contributed by atoms with Gasteiger partial charge in [-0.25, -0.2) is 4.79 Å². The molecule has 1 saturated heterocycles. The molecule has 0 spiro atoms. The SMILES string of the molecule is CC[C@H](C)[C@H](NC(=O)[C@@H](N)CC(=O)O)C(=O)N1CCC[C@H]1C(=O)N[C@@H](Cc1ccccc1)C(=O)N[C@@H](CCCN=C(N)N)C(=O)N[C@@H](CCC(=O)O)C(=O)N[C@@H](CCC(=O)O)C(=O)N[C@@H](CCCCN)C(=O)N[C@@H](CC(=O)O)C(=O)N[C@@H](CCCN=C(N)N)C(=O)O. The number of nitrogens with zero attached hydrogens (tertiary/aromatic N) is 3. The van der Waals surface area contributed by atoms with Crippen LogP contribution in [0.25, 0.3) is 0 Å². The van der Waals surface area contributed by atoms with E-state index < -0.39 is 188 Å². The molecule has 2 rings (SSSR count). The molecule has 92 heavy (non-hydrogen) atoms. The van der Waals surface area contributed by atoms with Crippen LogP contribution in [-0.2, 0) is 73.5 Å². The molecule has 1 aliphatic rings. The fourth-order valence-corrected chi connectivity index (χ4v) is 9.42. The van der Waals surface area contributed by atoms with Crippen molar-refractivity contribution in [2.45, 2.75) is 183 Å². The van der Waals surface area contributed by atoms with Crippen molar-refractivity contribution in [2.24, 2.45) is 50.3 Å². The van der Waals surface area contributed by atoms with Crippen molar-refractivity contribution >= 4 is 94.9 Å². The predicted molar refractivity (Wildman–Crippen MR) is 326 cm³/mol. The monoisotopic (exact) mass is 1300 g/mol. The molecule has 25 N–H and O–H groups in total. The van der Waals surface area contributed by atoms with E-state index in [9.17, 15) is 92.7 Å².